The van der Waals surface area contributed by atoms with Crippen LogP contribution in [0.3, 0.4) is 0 Å². The molecule has 0 bridgehead atoms. The zero-order valence-corrected chi connectivity index (χ0v) is 22.7. The van der Waals surface area contributed by atoms with Gasteiger partial charge in [0.25, 0.3) is 0 Å². The van der Waals surface area contributed by atoms with E-state index in [-0.39, 0.29) is 11.3 Å². The molecule has 186 valence electrons. The summed E-state index contributed by atoms with van der Waals surface area (Å²) in [7, 11) is 0. The highest BCUT2D eigenvalue weighted by Crippen LogP contribution is 2.37. The zero-order chi connectivity index (χ0) is 25.2. The van der Waals surface area contributed by atoms with E-state index < -0.39 is 0 Å². The second kappa shape index (κ2) is 10.6. The summed E-state index contributed by atoms with van der Waals surface area (Å²) in [5, 5.41) is 13.1. The van der Waals surface area contributed by atoms with E-state index >= 15 is 0 Å². The van der Waals surface area contributed by atoms with Gasteiger partial charge in [0, 0.05) is 17.3 Å². The molecule has 1 N–H and O–H groups in total. The number of anilines is 1. The molecule has 3 aromatic rings. The molecule has 1 aliphatic carbocycles. The van der Waals surface area contributed by atoms with Gasteiger partial charge in [-0.05, 0) is 47.8 Å². The monoisotopic (exact) mass is 490 g/mol. The fraction of sp³-hybridized carbons (Fsp3) is 0.483. The van der Waals surface area contributed by atoms with Crippen LogP contribution in [0, 0.1) is 6.92 Å². The standard InChI is InChI=1S/C29H38N4OS/c1-19(2)24-13-9-10-20(3)26(24)30-25(34)18-35-28-32-31-27(33(28)23-11-7-8-12-23)21-14-16-22(17-15-21)29(4,5)6/h9-10,13-17,19,23H,7-8,11-12,18H2,1-6H3,(H,30,34). The Morgan fingerprint density at radius 1 is 1.09 bits per heavy atom. The molecule has 0 unspecified atom stereocenters. The van der Waals surface area contributed by atoms with Crippen molar-refractivity contribution in [1.29, 1.82) is 0 Å². The minimum Gasteiger partial charge on any atom is -0.325 e. The van der Waals surface area contributed by atoms with Crippen molar-refractivity contribution in [3.63, 3.8) is 0 Å². The average Bonchev–Trinajstić information content (AvgIpc) is 3.48. The van der Waals surface area contributed by atoms with Crippen molar-refractivity contribution in [1.82, 2.24) is 14.8 Å². The molecule has 0 saturated heterocycles. The maximum absolute atomic E-state index is 13.0. The number of nitrogens with zero attached hydrogens (tertiary/aromatic N) is 3. The van der Waals surface area contributed by atoms with Crippen molar-refractivity contribution in [3.8, 4) is 11.4 Å². The predicted molar refractivity (Wildman–Crippen MR) is 146 cm³/mol. The first-order valence-corrected chi connectivity index (χ1v) is 13.7. The van der Waals surface area contributed by atoms with Crippen molar-refractivity contribution in [2.24, 2.45) is 0 Å². The Balaban J connectivity index is 1.55. The topological polar surface area (TPSA) is 59.8 Å². The van der Waals surface area contributed by atoms with E-state index in [1.807, 2.05) is 13.0 Å². The number of hydrogen-bond acceptors (Lipinski definition) is 4. The lowest BCUT2D eigenvalue weighted by atomic mass is 9.86. The zero-order valence-electron chi connectivity index (χ0n) is 21.9. The highest BCUT2D eigenvalue weighted by Gasteiger charge is 2.26. The Hall–Kier alpha value is -2.60. The summed E-state index contributed by atoms with van der Waals surface area (Å²) in [6.45, 7) is 13.0. The second-order valence-electron chi connectivity index (χ2n) is 11.0. The molecule has 0 spiro atoms. The number of aryl methyl sites for hydroxylation is 1. The van der Waals surface area contributed by atoms with Gasteiger partial charge in [0.05, 0.1) is 5.75 Å². The molecule has 1 saturated carbocycles. The van der Waals surface area contributed by atoms with Crippen molar-refractivity contribution in [2.45, 2.75) is 89.8 Å². The van der Waals surface area contributed by atoms with E-state index in [1.165, 1.54) is 35.7 Å². The molecule has 6 heteroatoms. The normalized spacial score (nSPS) is 14.6. The van der Waals surface area contributed by atoms with Gasteiger partial charge >= 0.3 is 0 Å². The van der Waals surface area contributed by atoms with Gasteiger partial charge in [0.1, 0.15) is 0 Å². The minimum absolute atomic E-state index is 0.0109. The van der Waals surface area contributed by atoms with E-state index in [9.17, 15) is 4.79 Å². The first-order valence-electron chi connectivity index (χ1n) is 12.7. The van der Waals surface area contributed by atoms with Gasteiger partial charge < -0.3 is 5.32 Å². The SMILES string of the molecule is Cc1cccc(C(C)C)c1NC(=O)CSc1nnc(-c2ccc(C(C)(C)C)cc2)n1C1CCCC1. The first-order chi connectivity index (χ1) is 16.6. The smallest absolute Gasteiger partial charge is 0.234 e. The van der Waals surface area contributed by atoms with Crippen LogP contribution in [-0.4, -0.2) is 26.4 Å². The third-order valence-electron chi connectivity index (χ3n) is 6.89. The van der Waals surface area contributed by atoms with Gasteiger partial charge in [-0.25, -0.2) is 0 Å². The molecule has 4 rings (SSSR count). The maximum Gasteiger partial charge on any atom is 0.234 e. The Bertz CT molecular complexity index is 1170. The van der Waals surface area contributed by atoms with Crippen molar-refractivity contribution in [2.75, 3.05) is 11.1 Å². The highest BCUT2D eigenvalue weighted by molar-refractivity contribution is 7.99. The molecule has 1 fully saturated rings. The Kier molecular flexibility index (Phi) is 7.70. The molecule has 0 atom stereocenters. The van der Waals surface area contributed by atoms with Gasteiger partial charge in [0.15, 0.2) is 11.0 Å². The van der Waals surface area contributed by atoms with Crippen molar-refractivity contribution in [3.05, 3.63) is 59.2 Å². The second-order valence-corrected chi connectivity index (χ2v) is 11.9. The Morgan fingerprint density at radius 3 is 2.40 bits per heavy atom. The number of carbonyl (C=O) groups excluding carboxylic acids is 1. The van der Waals surface area contributed by atoms with Gasteiger partial charge in [-0.3, -0.25) is 9.36 Å². The fourth-order valence-electron chi connectivity index (χ4n) is 4.83. The molecule has 1 aromatic heterocycles. The summed E-state index contributed by atoms with van der Waals surface area (Å²) < 4.78 is 2.28. The molecular formula is C29H38N4OS. The summed E-state index contributed by atoms with van der Waals surface area (Å²) in [5.74, 6) is 1.54. The lowest BCUT2D eigenvalue weighted by Crippen LogP contribution is -2.17. The Morgan fingerprint density at radius 2 is 1.77 bits per heavy atom. The van der Waals surface area contributed by atoms with Crippen molar-refractivity contribution >= 4 is 23.4 Å². The molecule has 1 aliphatic rings. The number of rotatable bonds is 7. The van der Waals surface area contributed by atoms with Crippen LogP contribution in [0.4, 0.5) is 5.69 Å². The summed E-state index contributed by atoms with van der Waals surface area (Å²) in [4.78, 5) is 13.0. The lowest BCUT2D eigenvalue weighted by Gasteiger charge is -2.20. The number of para-hydroxylation sites is 1. The molecule has 5 nitrogen and oxygen atoms in total. The van der Waals surface area contributed by atoms with Crippen LogP contribution >= 0.6 is 11.8 Å². The molecule has 1 heterocycles. The van der Waals surface area contributed by atoms with Crippen LogP contribution in [0.15, 0.2) is 47.6 Å². The third kappa shape index (κ3) is 5.80. The first kappa shape index (κ1) is 25.5. The van der Waals surface area contributed by atoms with Gasteiger partial charge in [0.2, 0.25) is 5.91 Å². The van der Waals surface area contributed by atoms with Gasteiger partial charge in [-0.1, -0.05) is 102 Å². The van der Waals surface area contributed by atoms with E-state index in [0.29, 0.717) is 17.7 Å². The van der Waals surface area contributed by atoms with Crippen molar-refractivity contribution < 1.29 is 4.79 Å². The number of thioether (sulfide) groups is 1. The van der Waals surface area contributed by atoms with Crippen LogP contribution in [0.1, 0.15) is 89.0 Å². The fourth-order valence-corrected chi connectivity index (χ4v) is 5.64. The predicted octanol–water partition coefficient (Wildman–Crippen LogP) is 7.52. The van der Waals surface area contributed by atoms with Gasteiger partial charge in [-0.15, -0.1) is 10.2 Å². The summed E-state index contributed by atoms with van der Waals surface area (Å²) in [5.41, 5.74) is 5.68. The molecule has 35 heavy (non-hydrogen) atoms. The van der Waals surface area contributed by atoms with Crippen LogP contribution < -0.4 is 5.32 Å². The number of amides is 1. The molecule has 0 radical (unpaired) electrons. The van der Waals surface area contributed by atoms with E-state index in [1.54, 1.807) is 0 Å². The maximum atomic E-state index is 13.0. The number of carbonyl (C=O) groups is 1. The quantitative estimate of drug-likeness (QED) is 0.348. The number of nitrogens with one attached hydrogen (secondary N) is 1. The summed E-state index contributed by atoms with van der Waals surface area (Å²) in [6.07, 6.45) is 4.71. The summed E-state index contributed by atoms with van der Waals surface area (Å²) in [6, 6.07) is 15.3. The molecule has 1 amide bonds. The van der Waals surface area contributed by atoms with Crippen LogP contribution in [-0.2, 0) is 10.2 Å². The Labute approximate surface area is 214 Å². The van der Waals surface area contributed by atoms with Crippen LogP contribution in [0.5, 0.6) is 0 Å². The summed E-state index contributed by atoms with van der Waals surface area (Å²) >= 11 is 1.48. The molecule has 0 aliphatic heterocycles. The van der Waals surface area contributed by atoms with Gasteiger partial charge in [-0.2, -0.15) is 0 Å². The number of hydrogen-bond donors (Lipinski definition) is 1. The minimum atomic E-state index is -0.0109. The number of benzene rings is 2. The van der Waals surface area contributed by atoms with E-state index in [2.05, 4.69) is 91.1 Å². The largest absolute Gasteiger partial charge is 0.325 e. The molecule has 2 aromatic carbocycles. The average molecular weight is 491 g/mol. The molecular weight excluding hydrogens is 452 g/mol. The lowest BCUT2D eigenvalue weighted by molar-refractivity contribution is -0.113. The number of aromatic nitrogens is 3. The van der Waals surface area contributed by atoms with E-state index in [4.69, 9.17) is 0 Å². The van der Waals surface area contributed by atoms with Crippen LogP contribution in [0.25, 0.3) is 11.4 Å². The highest BCUT2D eigenvalue weighted by atomic mass is 32.2. The van der Waals surface area contributed by atoms with Crippen LogP contribution in [0.2, 0.25) is 0 Å². The third-order valence-corrected chi connectivity index (χ3v) is 7.83. The van der Waals surface area contributed by atoms with E-state index in [0.717, 1.165) is 40.6 Å².